The van der Waals surface area contributed by atoms with Crippen LogP contribution in [-0.4, -0.2) is 23.1 Å². The molecule has 2 amide bonds. The van der Waals surface area contributed by atoms with E-state index < -0.39 is 11.8 Å². The van der Waals surface area contributed by atoms with Crippen LogP contribution in [0.25, 0.3) is 6.08 Å². The third-order valence-corrected chi connectivity index (χ3v) is 4.90. The number of amides is 2. The smallest absolute Gasteiger partial charge is 0.287 e. The number of rotatable bonds is 6. The Kier molecular flexibility index (Phi) is 7.59. The van der Waals surface area contributed by atoms with E-state index in [0.29, 0.717) is 11.1 Å². The number of phenolic OH excluding ortho intramolecular Hbond substituents is 1. The molecule has 3 aromatic carbocycles. The Morgan fingerprint density at radius 2 is 1.71 bits per heavy atom. The molecule has 0 heterocycles. The van der Waals surface area contributed by atoms with Gasteiger partial charge in [-0.05, 0) is 42.0 Å². The summed E-state index contributed by atoms with van der Waals surface area (Å²) < 4.78 is 0.745. The molecule has 0 aromatic heterocycles. The summed E-state index contributed by atoms with van der Waals surface area (Å²) in [6.07, 6.45) is 2.82. The number of hydrogen-bond acceptors (Lipinski definition) is 4. The first-order valence-electron chi connectivity index (χ1n) is 9.08. The Hall–Kier alpha value is -3.42. The molecule has 0 bridgehead atoms. The van der Waals surface area contributed by atoms with Gasteiger partial charge in [-0.25, -0.2) is 5.43 Å². The van der Waals surface area contributed by atoms with Crippen LogP contribution in [0.5, 0.6) is 5.75 Å². The van der Waals surface area contributed by atoms with Crippen molar-refractivity contribution in [2.45, 2.75) is 0 Å². The van der Waals surface area contributed by atoms with Gasteiger partial charge in [0.2, 0.25) is 0 Å². The molecular formula is C23H17BrClN3O3. The highest BCUT2D eigenvalue weighted by Crippen LogP contribution is 2.20. The summed E-state index contributed by atoms with van der Waals surface area (Å²) in [6.45, 7) is 0. The lowest BCUT2D eigenvalue weighted by Gasteiger charge is -2.10. The van der Waals surface area contributed by atoms with Gasteiger partial charge in [-0.1, -0.05) is 70.0 Å². The largest absolute Gasteiger partial charge is 0.507 e. The van der Waals surface area contributed by atoms with E-state index in [4.69, 9.17) is 11.6 Å². The highest BCUT2D eigenvalue weighted by atomic mass is 79.9. The first-order valence-corrected chi connectivity index (χ1v) is 10.3. The van der Waals surface area contributed by atoms with Crippen LogP contribution < -0.4 is 10.7 Å². The van der Waals surface area contributed by atoms with Crippen molar-refractivity contribution >= 4 is 51.6 Å². The van der Waals surface area contributed by atoms with Gasteiger partial charge < -0.3 is 10.4 Å². The van der Waals surface area contributed by atoms with Crippen LogP contribution in [0, 0.1) is 0 Å². The molecule has 3 aromatic rings. The highest BCUT2D eigenvalue weighted by molar-refractivity contribution is 9.10. The lowest BCUT2D eigenvalue weighted by molar-refractivity contribution is -0.117. The number of nitrogens with zero attached hydrogens (tertiary/aromatic N) is 1. The molecule has 0 saturated heterocycles. The first-order chi connectivity index (χ1) is 14.9. The number of phenols is 1. The fraction of sp³-hybridized carbons (Fsp3) is 0. The summed E-state index contributed by atoms with van der Waals surface area (Å²) in [5, 5.41) is 16.6. The molecule has 3 N–H and O–H groups in total. The summed E-state index contributed by atoms with van der Waals surface area (Å²) in [6, 6.07) is 20.4. The summed E-state index contributed by atoms with van der Waals surface area (Å²) in [5.74, 6) is -1.17. The lowest BCUT2D eigenvalue weighted by Crippen LogP contribution is -2.33. The minimum absolute atomic E-state index is 0.00766. The van der Waals surface area contributed by atoms with Crippen LogP contribution in [0.3, 0.4) is 0 Å². The predicted molar refractivity (Wildman–Crippen MR) is 125 cm³/mol. The zero-order valence-electron chi connectivity index (χ0n) is 16.0. The van der Waals surface area contributed by atoms with Crippen molar-refractivity contribution in [2.75, 3.05) is 0 Å². The lowest BCUT2D eigenvalue weighted by atomic mass is 10.1. The number of carbonyl (C=O) groups is 2. The molecule has 0 fully saturated rings. The van der Waals surface area contributed by atoms with Crippen LogP contribution in [-0.2, 0) is 4.79 Å². The number of nitrogens with one attached hydrogen (secondary N) is 2. The topological polar surface area (TPSA) is 90.8 Å². The fourth-order valence-electron chi connectivity index (χ4n) is 2.56. The normalized spacial score (nSPS) is 11.4. The van der Waals surface area contributed by atoms with E-state index >= 15 is 0 Å². The van der Waals surface area contributed by atoms with Crippen molar-refractivity contribution in [3.8, 4) is 5.75 Å². The zero-order valence-corrected chi connectivity index (χ0v) is 18.4. The Bertz CT molecular complexity index is 1160. The quantitative estimate of drug-likeness (QED) is 0.261. The molecule has 6 nitrogen and oxygen atoms in total. The fourth-order valence-corrected chi connectivity index (χ4v) is 3.16. The second kappa shape index (κ2) is 10.6. The van der Waals surface area contributed by atoms with Gasteiger partial charge in [-0.2, -0.15) is 5.10 Å². The van der Waals surface area contributed by atoms with Crippen LogP contribution in [0.15, 0.2) is 88.1 Å². The molecule has 0 aliphatic rings. The second-order valence-electron chi connectivity index (χ2n) is 6.30. The number of hydrazone groups is 1. The Balaban J connectivity index is 1.82. The maximum absolute atomic E-state index is 12.7. The standard InChI is InChI=1S/C23H17BrClN3O3/c24-17-10-11-21(29)16(13-17)14-26-28-23(31)20(12-15-6-2-1-3-7-15)27-22(30)18-8-4-5-9-19(18)25/h1-14,29H,(H,27,30)(H,28,31)/b20-12-,26-14?. The zero-order chi connectivity index (χ0) is 22.2. The van der Waals surface area contributed by atoms with Crippen LogP contribution in [0.1, 0.15) is 21.5 Å². The molecule has 0 unspecified atom stereocenters. The third-order valence-electron chi connectivity index (χ3n) is 4.08. The van der Waals surface area contributed by atoms with Gasteiger partial charge in [-0.3, -0.25) is 9.59 Å². The SMILES string of the molecule is O=C(NN=Cc1cc(Br)ccc1O)/C(=C/c1ccccc1)NC(=O)c1ccccc1Cl. The van der Waals surface area contributed by atoms with Crippen LogP contribution >= 0.6 is 27.5 Å². The van der Waals surface area contributed by atoms with Gasteiger partial charge in [0.1, 0.15) is 11.4 Å². The maximum Gasteiger partial charge on any atom is 0.287 e. The van der Waals surface area contributed by atoms with E-state index in [1.54, 1.807) is 48.5 Å². The van der Waals surface area contributed by atoms with Crippen molar-refractivity contribution in [2.24, 2.45) is 5.10 Å². The summed E-state index contributed by atoms with van der Waals surface area (Å²) in [4.78, 5) is 25.4. The minimum Gasteiger partial charge on any atom is -0.507 e. The van der Waals surface area contributed by atoms with Crippen LogP contribution in [0.2, 0.25) is 5.02 Å². The monoisotopic (exact) mass is 497 g/mol. The van der Waals surface area contributed by atoms with Crippen molar-refractivity contribution in [3.63, 3.8) is 0 Å². The molecule has 0 aliphatic heterocycles. The number of aromatic hydroxyl groups is 1. The molecule has 0 saturated carbocycles. The van der Waals surface area contributed by atoms with Gasteiger partial charge >= 0.3 is 0 Å². The van der Waals surface area contributed by atoms with Gasteiger partial charge in [0, 0.05) is 10.0 Å². The Morgan fingerprint density at radius 3 is 2.45 bits per heavy atom. The summed E-state index contributed by atoms with van der Waals surface area (Å²) >= 11 is 9.39. The molecule has 3 rings (SSSR count). The summed E-state index contributed by atoms with van der Waals surface area (Å²) in [7, 11) is 0. The number of carbonyl (C=O) groups excluding carboxylic acids is 2. The van der Waals surface area contributed by atoms with Gasteiger partial charge in [0.25, 0.3) is 11.8 Å². The minimum atomic E-state index is -0.644. The first kappa shape index (κ1) is 22.3. The number of halogens is 2. The van der Waals surface area contributed by atoms with Gasteiger partial charge in [0.15, 0.2) is 0 Å². The van der Waals surface area contributed by atoms with E-state index in [1.807, 2.05) is 18.2 Å². The van der Waals surface area contributed by atoms with E-state index in [2.05, 4.69) is 31.8 Å². The summed E-state index contributed by atoms with van der Waals surface area (Å²) in [5.41, 5.74) is 3.69. The molecule has 156 valence electrons. The molecule has 31 heavy (non-hydrogen) atoms. The molecule has 8 heteroatoms. The predicted octanol–water partition coefficient (Wildman–Crippen LogP) is 4.73. The molecule has 0 atom stereocenters. The van der Waals surface area contributed by atoms with Gasteiger partial charge in [-0.15, -0.1) is 0 Å². The molecule has 0 radical (unpaired) electrons. The number of benzene rings is 3. The van der Waals surface area contributed by atoms with Crippen LogP contribution in [0.4, 0.5) is 0 Å². The van der Waals surface area contributed by atoms with E-state index in [0.717, 1.165) is 4.47 Å². The van der Waals surface area contributed by atoms with Crippen molar-refractivity contribution < 1.29 is 14.7 Å². The van der Waals surface area contributed by atoms with E-state index in [1.165, 1.54) is 18.4 Å². The average molecular weight is 499 g/mol. The van der Waals surface area contributed by atoms with Crippen molar-refractivity contribution in [1.82, 2.24) is 10.7 Å². The number of hydrogen-bond donors (Lipinski definition) is 3. The Labute approximate surface area is 192 Å². The average Bonchev–Trinajstić information content (AvgIpc) is 2.76. The second-order valence-corrected chi connectivity index (χ2v) is 7.63. The van der Waals surface area contributed by atoms with Gasteiger partial charge in [0.05, 0.1) is 16.8 Å². The van der Waals surface area contributed by atoms with E-state index in [-0.39, 0.29) is 22.0 Å². The van der Waals surface area contributed by atoms with E-state index in [9.17, 15) is 14.7 Å². The molecule has 0 aliphatic carbocycles. The van der Waals surface area contributed by atoms with Crippen molar-refractivity contribution in [1.29, 1.82) is 0 Å². The molecule has 0 spiro atoms. The highest BCUT2D eigenvalue weighted by Gasteiger charge is 2.16. The Morgan fingerprint density at radius 1 is 1.00 bits per heavy atom. The van der Waals surface area contributed by atoms with Crippen molar-refractivity contribution in [3.05, 3.63) is 105 Å². The molecular weight excluding hydrogens is 482 g/mol. The third kappa shape index (κ3) is 6.28. The maximum atomic E-state index is 12.7.